The van der Waals surface area contributed by atoms with Crippen LogP contribution in [0.25, 0.3) is 0 Å². The fourth-order valence-corrected chi connectivity index (χ4v) is 6.11. The topological polar surface area (TPSA) is 84.9 Å². The van der Waals surface area contributed by atoms with Crippen molar-refractivity contribution >= 4 is 21.6 Å². The van der Waals surface area contributed by atoms with Gasteiger partial charge in [0.05, 0.1) is 4.90 Å². The number of amides is 1. The maximum absolute atomic E-state index is 12.9. The fraction of sp³-hybridized carbons (Fsp3) is 0.435. The highest BCUT2D eigenvalue weighted by Gasteiger charge is 2.44. The fourth-order valence-electron chi connectivity index (χ4n) is 4.54. The molecule has 1 N–H and O–H groups in total. The van der Waals surface area contributed by atoms with Crippen LogP contribution in [0.5, 0.6) is 11.5 Å². The number of nitrogens with one attached hydrogen (secondary N) is 1. The largest absolute Gasteiger partial charge is 0.448 e. The zero-order valence-electron chi connectivity index (χ0n) is 17.3. The summed E-state index contributed by atoms with van der Waals surface area (Å²) in [6, 6.07) is 11.5. The van der Waals surface area contributed by atoms with E-state index in [1.54, 1.807) is 36.4 Å². The molecular weight excluding hydrogens is 416 g/mol. The Morgan fingerprint density at radius 1 is 0.903 bits per heavy atom. The lowest BCUT2D eigenvalue weighted by molar-refractivity contribution is -0.0716. The summed E-state index contributed by atoms with van der Waals surface area (Å²) in [5.74, 6) is 0.392. The van der Waals surface area contributed by atoms with Gasteiger partial charge in [-0.3, -0.25) is 4.79 Å². The van der Waals surface area contributed by atoms with Crippen LogP contribution >= 0.6 is 0 Å². The van der Waals surface area contributed by atoms with Crippen molar-refractivity contribution in [1.29, 1.82) is 0 Å². The lowest BCUT2D eigenvalue weighted by atomic mass is 10.2. The smallest absolute Gasteiger partial charge is 0.255 e. The molecule has 0 bridgehead atoms. The third-order valence-electron chi connectivity index (χ3n) is 6.21. The number of sulfonamides is 1. The summed E-state index contributed by atoms with van der Waals surface area (Å²) < 4.78 is 39.4. The number of fused-ring (bicyclic) bond motifs is 1. The van der Waals surface area contributed by atoms with Crippen LogP contribution < -0.4 is 14.8 Å². The molecule has 164 valence electrons. The Labute approximate surface area is 182 Å². The van der Waals surface area contributed by atoms with Crippen LogP contribution in [0.15, 0.2) is 47.4 Å². The highest BCUT2D eigenvalue weighted by Crippen LogP contribution is 2.47. The van der Waals surface area contributed by atoms with Crippen LogP contribution in [0.2, 0.25) is 0 Å². The van der Waals surface area contributed by atoms with Crippen molar-refractivity contribution in [3.05, 3.63) is 48.0 Å². The lowest BCUT2D eigenvalue weighted by Crippen LogP contribution is -2.35. The number of carbonyl (C=O) groups is 1. The number of piperidine rings is 1. The Morgan fingerprint density at radius 3 is 2.42 bits per heavy atom. The maximum Gasteiger partial charge on any atom is 0.255 e. The molecule has 2 aromatic rings. The first-order chi connectivity index (χ1) is 15.0. The van der Waals surface area contributed by atoms with Crippen LogP contribution in [0.4, 0.5) is 5.69 Å². The number of ether oxygens (including phenoxy) is 2. The lowest BCUT2D eigenvalue weighted by Gasteiger charge is -2.26. The third-order valence-corrected chi connectivity index (χ3v) is 8.10. The number of hydrogen-bond donors (Lipinski definition) is 1. The molecule has 0 atom stereocenters. The molecule has 1 spiro atoms. The van der Waals surface area contributed by atoms with Crippen LogP contribution in [-0.2, 0) is 10.0 Å². The highest BCUT2D eigenvalue weighted by atomic mass is 32.2. The Balaban J connectivity index is 1.32. The van der Waals surface area contributed by atoms with Gasteiger partial charge in [-0.25, -0.2) is 8.42 Å². The van der Waals surface area contributed by atoms with Gasteiger partial charge in [-0.05, 0) is 56.0 Å². The molecule has 1 amide bonds. The summed E-state index contributed by atoms with van der Waals surface area (Å²) >= 11 is 0. The van der Waals surface area contributed by atoms with E-state index in [1.807, 2.05) is 0 Å². The number of anilines is 1. The van der Waals surface area contributed by atoms with Gasteiger partial charge >= 0.3 is 0 Å². The normalized spacial score (nSPS) is 20.1. The molecule has 2 fully saturated rings. The summed E-state index contributed by atoms with van der Waals surface area (Å²) in [4.78, 5) is 13.0. The molecule has 8 heteroatoms. The maximum atomic E-state index is 12.9. The number of nitrogens with zero attached hydrogens (tertiary/aromatic N) is 1. The van der Waals surface area contributed by atoms with Gasteiger partial charge in [0.2, 0.25) is 10.0 Å². The predicted molar refractivity (Wildman–Crippen MR) is 116 cm³/mol. The van der Waals surface area contributed by atoms with Gasteiger partial charge in [0, 0.05) is 43.2 Å². The van der Waals surface area contributed by atoms with Crippen molar-refractivity contribution in [2.24, 2.45) is 0 Å². The summed E-state index contributed by atoms with van der Waals surface area (Å²) in [6.45, 7) is 1.05. The minimum Gasteiger partial charge on any atom is -0.448 e. The van der Waals surface area contributed by atoms with E-state index in [9.17, 15) is 13.2 Å². The minimum atomic E-state index is -3.60. The van der Waals surface area contributed by atoms with Gasteiger partial charge < -0.3 is 14.8 Å². The standard InChI is InChI=1S/C23H26N2O5S/c26-22(17-7-6-8-19(15-17)31(27,28)25-13-4-1-5-14-25)24-18-9-10-20-21(16-18)30-23(29-20)11-2-3-12-23/h6-10,15-16H,1-5,11-14H2,(H,24,26). The van der Waals surface area contributed by atoms with E-state index in [4.69, 9.17) is 9.47 Å². The molecule has 2 aliphatic heterocycles. The number of rotatable bonds is 4. The highest BCUT2D eigenvalue weighted by molar-refractivity contribution is 7.89. The summed E-state index contributed by atoms with van der Waals surface area (Å²) in [6.07, 6.45) is 6.66. The van der Waals surface area contributed by atoms with E-state index in [0.717, 1.165) is 44.9 Å². The van der Waals surface area contributed by atoms with E-state index in [1.165, 1.54) is 10.4 Å². The molecule has 7 nitrogen and oxygen atoms in total. The van der Waals surface area contributed by atoms with Crippen molar-refractivity contribution in [2.45, 2.75) is 55.6 Å². The van der Waals surface area contributed by atoms with Crippen molar-refractivity contribution < 1.29 is 22.7 Å². The molecule has 3 aliphatic rings. The number of hydrogen-bond acceptors (Lipinski definition) is 5. The molecular formula is C23H26N2O5S. The molecule has 2 heterocycles. The second-order valence-corrected chi connectivity index (χ2v) is 10.4. The van der Waals surface area contributed by atoms with Gasteiger partial charge in [0.25, 0.3) is 11.7 Å². The summed E-state index contributed by atoms with van der Waals surface area (Å²) in [5, 5.41) is 2.84. The van der Waals surface area contributed by atoms with Crippen molar-refractivity contribution in [3.8, 4) is 11.5 Å². The predicted octanol–water partition coefficient (Wildman–Crippen LogP) is 4.16. The average Bonchev–Trinajstić information content (AvgIpc) is 3.39. The SMILES string of the molecule is O=C(Nc1ccc2c(c1)OC1(CCCC1)O2)c1cccc(S(=O)(=O)N2CCCCC2)c1. The third kappa shape index (κ3) is 3.90. The van der Waals surface area contributed by atoms with Crippen molar-refractivity contribution in [2.75, 3.05) is 18.4 Å². The molecule has 1 aliphatic carbocycles. The monoisotopic (exact) mass is 442 g/mol. The molecule has 0 radical (unpaired) electrons. The van der Waals surface area contributed by atoms with E-state index >= 15 is 0 Å². The minimum absolute atomic E-state index is 0.149. The molecule has 5 rings (SSSR count). The Morgan fingerprint density at radius 2 is 1.65 bits per heavy atom. The molecule has 31 heavy (non-hydrogen) atoms. The molecule has 2 aromatic carbocycles. The van der Waals surface area contributed by atoms with Crippen molar-refractivity contribution in [3.63, 3.8) is 0 Å². The van der Waals surface area contributed by atoms with Gasteiger partial charge in [-0.15, -0.1) is 0 Å². The molecule has 0 unspecified atom stereocenters. The zero-order valence-corrected chi connectivity index (χ0v) is 18.1. The first-order valence-electron chi connectivity index (χ1n) is 10.9. The van der Waals surface area contributed by atoms with Gasteiger partial charge in [-0.1, -0.05) is 12.5 Å². The Bertz CT molecular complexity index is 1100. The summed E-state index contributed by atoms with van der Waals surface area (Å²) in [7, 11) is -3.60. The zero-order chi connectivity index (χ0) is 21.5. The van der Waals surface area contributed by atoms with Crippen LogP contribution in [0.1, 0.15) is 55.3 Å². The van der Waals surface area contributed by atoms with Gasteiger partial charge in [-0.2, -0.15) is 4.31 Å². The van der Waals surface area contributed by atoms with Crippen LogP contribution in [-0.4, -0.2) is 37.5 Å². The average molecular weight is 443 g/mol. The Kier molecular flexibility index (Phi) is 5.14. The second-order valence-electron chi connectivity index (χ2n) is 8.43. The first kappa shape index (κ1) is 20.3. The first-order valence-corrected chi connectivity index (χ1v) is 12.3. The van der Waals surface area contributed by atoms with Crippen molar-refractivity contribution in [1.82, 2.24) is 4.31 Å². The molecule has 1 saturated carbocycles. The summed E-state index contributed by atoms with van der Waals surface area (Å²) in [5.41, 5.74) is 0.870. The van der Waals surface area contributed by atoms with E-state index < -0.39 is 15.8 Å². The Hall–Kier alpha value is -2.58. The van der Waals surface area contributed by atoms with Crippen LogP contribution in [0, 0.1) is 0 Å². The van der Waals surface area contributed by atoms with Gasteiger partial charge in [0.15, 0.2) is 11.5 Å². The molecule has 1 saturated heterocycles. The molecule has 0 aromatic heterocycles. The van der Waals surface area contributed by atoms with Crippen LogP contribution in [0.3, 0.4) is 0 Å². The number of carbonyl (C=O) groups excluding carboxylic acids is 1. The van der Waals surface area contributed by atoms with E-state index in [-0.39, 0.29) is 10.8 Å². The number of benzene rings is 2. The quantitative estimate of drug-likeness (QED) is 0.769. The van der Waals surface area contributed by atoms with Gasteiger partial charge in [0.1, 0.15) is 0 Å². The second kappa shape index (κ2) is 7.84. The van der Waals surface area contributed by atoms with E-state index in [2.05, 4.69) is 5.32 Å². The van der Waals surface area contributed by atoms with E-state index in [0.29, 0.717) is 35.8 Å².